The molecular formula is C19H27ClN4O. The molecule has 136 valence electrons. The van der Waals surface area contributed by atoms with Crippen LogP contribution in [0.15, 0.2) is 18.2 Å². The van der Waals surface area contributed by atoms with Crippen LogP contribution in [0.25, 0.3) is 11.0 Å². The molecule has 1 heterocycles. The average Bonchev–Trinajstić information content (AvgIpc) is 3.01. The van der Waals surface area contributed by atoms with Crippen molar-refractivity contribution >= 4 is 28.5 Å². The van der Waals surface area contributed by atoms with E-state index >= 15 is 0 Å². The van der Waals surface area contributed by atoms with E-state index in [4.69, 9.17) is 11.6 Å². The van der Waals surface area contributed by atoms with Crippen molar-refractivity contribution in [3.05, 3.63) is 29.0 Å². The highest BCUT2D eigenvalue weighted by Gasteiger charge is 2.15. The van der Waals surface area contributed by atoms with Gasteiger partial charge >= 0.3 is 0 Å². The molecule has 0 aliphatic heterocycles. The summed E-state index contributed by atoms with van der Waals surface area (Å²) in [4.78, 5) is 22.0. The van der Waals surface area contributed by atoms with Crippen molar-refractivity contribution in [3.63, 3.8) is 0 Å². The molecule has 0 radical (unpaired) electrons. The largest absolute Gasteiger partial charge is 0.355 e. The van der Waals surface area contributed by atoms with E-state index in [0.717, 1.165) is 36.4 Å². The maximum atomic E-state index is 12.1. The fraction of sp³-hybridized carbons (Fsp3) is 0.579. The van der Waals surface area contributed by atoms with Crippen LogP contribution in [0.3, 0.4) is 0 Å². The first-order valence-corrected chi connectivity index (χ1v) is 9.57. The number of nitrogens with zero attached hydrogens (tertiary/aromatic N) is 2. The fourth-order valence-corrected chi connectivity index (χ4v) is 3.65. The van der Waals surface area contributed by atoms with Gasteiger partial charge in [-0.1, -0.05) is 30.9 Å². The van der Waals surface area contributed by atoms with Gasteiger partial charge < -0.3 is 10.3 Å². The van der Waals surface area contributed by atoms with E-state index in [1.54, 1.807) is 0 Å². The zero-order chi connectivity index (χ0) is 17.6. The van der Waals surface area contributed by atoms with Crippen molar-refractivity contribution in [1.29, 1.82) is 0 Å². The molecule has 3 rings (SSSR count). The SMILES string of the molecule is CN(CCc1nc2ccc(Cl)cc2[nH]1)CC(=O)NCC1CCCCC1. The number of rotatable bonds is 7. The lowest BCUT2D eigenvalue weighted by Gasteiger charge is -2.22. The van der Waals surface area contributed by atoms with Crippen LogP contribution in [0.2, 0.25) is 5.02 Å². The summed E-state index contributed by atoms with van der Waals surface area (Å²) in [6, 6.07) is 5.65. The van der Waals surface area contributed by atoms with Gasteiger partial charge in [0, 0.05) is 24.5 Å². The first-order chi connectivity index (χ1) is 12.1. The standard InChI is InChI=1S/C19H27ClN4O/c1-24(13-19(25)21-12-14-5-3-2-4-6-14)10-9-18-22-16-8-7-15(20)11-17(16)23-18/h7-8,11,14H,2-6,9-10,12-13H2,1H3,(H,21,25)(H,22,23). The molecule has 25 heavy (non-hydrogen) atoms. The van der Waals surface area contributed by atoms with Gasteiger partial charge in [-0.2, -0.15) is 0 Å². The minimum absolute atomic E-state index is 0.115. The van der Waals surface area contributed by atoms with Crippen molar-refractivity contribution in [3.8, 4) is 0 Å². The topological polar surface area (TPSA) is 61.0 Å². The molecule has 1 aromatic carbocycles. The molecule has 2 aromatic rings. The Morgan fingerprint density at radius 3 is 2.96 bits per heavy atom. The molecule has 0 spiro atoms. The van der Waals surface area contributed by atoms with Crippen LogP contribution in [0, 0.1) is 5.92 Å². The number of carbonyl (C=O) groups excluding carboxylic acids is 1. The Morgan fingerprint density at radius 2 is 2.16 bits per heavy atom. The summed E-state index contributed by atoms with van der Waals surface area (Å²) in [6.07, 6.45) is 7.25. The highest BCUT2D eigenvalue weighted by atomic mass is 35.5. The van der Waals surface area contributed by atoms with Crippen molar-refractivity contribution in [1.82, 2.24) is 20.2 Å². The van der Waals surface area contributed by atoms with Gasteiger partial charge in [-0.3, -0.25) is 9.69 Å². The second kappa shape index (κ2) is 8.68. The van der Waals surface area contributed by atoms with Crippen LogP contribution < -0.4 is 5.32 Å². The zero-order valence-electron chi connectivity index (χ0n) is 14.9. The summed E-state index contributed by atoms with van der Waals surface area (Å²) in [5.41, 5.74) is 1.88. The number of hydrogen-bond donors (Lipinski definition) is 2. The van der Waals surface area contributed by atoms with E-state index in [0.29, 0.717) is 17.5 Å². The van der Waals surface area contributed by atoms with Gasteiger partial charge in [0.1, 0.15) is 5.82 Å². The number of amides is 1. The third-order valence-corrected chi connectivity index (χ3v) is 5.18. The molecule has 0 unspecified atom stereocenters. The van der Waals surface area contributed by atoms with Gasteiger partial charge in [-0.05, 0) is 44.0 Å². The lowest BCUT2D eigenvalue weighted by Crippen LogP contribution is -2.38. The molecule has 5 nitrogen and oxygen atoms in total. The number of H-pyrrole nitrogens is 1. The third kappa shape index (κ3) is 5.44. The summed E-state index contributed by atoms with van der Waals surface area (Å²) in [5.74, 6) is 1.71. The number of hydrogen-bond acceptors (Lipinski definition) is 3. The van der Waals surface area contributed by atoms with Crippen molar-refractivity contribution in [2.45, 2.75) is 38.5 Å². The summed E-state index contributed by atoms with van der Waals surface area (Å²) in [6.45, 7) is 2.04. The second-order valence-electron chi connectivity index (χ2n) is 7.14. The Balaban J connectivity index is 1.40. The van der Waals surface area contributed by atoms with Crippen molar-refractivity contribution in [2.24, 2.45) is 5.92 Å². The maximum Gasteiger partial charge on any atom is 0.234 e. The smallest absolute Gasteiger partial charge is 0.234 e. The monoisotopic (exact) mass is 362 g/mol. The van der Waals surface area contributed by atoms with Gasteiger partial charge in [0.05, 0.1) is 17.6 Å². The lowest BCUT2D eigenvalue weighted by atomic mass is 9.89. The first kappa shape index (κ1) is 18.2. The van der Waals surface area contributed by atoms with Crippen molar-refractivity contribution < 1.29 is 4.79 Å². The Kier molecular flexibility index (Phi) is 6.32. The van der Waals surface area contributed by atoms with Crippen LogP contribution in [0.4, 0.5) is 0 Å². The molecular weight excluding hydrogens is 336 g/mol. The highest BCUT2D eigenvalue weighted by Crippen LogP contribution is 2.22. The van der Waals surface area contributed by atoms with Gasteiger partial charge in [-0.25, -0.2) is 4.98 Å². The molecule has 0 atom stereocenters. The number of nitrogens with one attached hydrogen (secondary N) is 2. The number of benzene rings is 1. The van der Waals surface area contributed by atoms with Gasteiger partial charge in [0.25, 0.3) is 0 Å². The van der Waals surface area contributed by atoms with E-state index in [2.05, 4.69) is 15.3 Å². The number of halogens is 1. The summed E-state index contributed by atoms with van der Waals surface area (Å²) in [7, 11) is 1.97. The van der Waals surface area contributed by atoms with Gasteiger partial charge in [0.2, 0.25) is 5.91 Å². The van der Waals surface area contributed by atoms with Crippen LogP contribution >= 0.6 is 11.6 Å². The predicted octanol–water partition coefficient (Wildman–Crippen LogP) is 3.39. The summed E-state index contributed by atoms with van der Waals surface area (Å²) in [5, 5.41) is 3.79. The molecule has 0 saturated heterocycles. The maximum absolute atomic E-state index is 12.1. The van der Waals surface area contributed by atoms with Crippen LogP contribution in [-0.4, -0.2) is 47.5 Å². The molecule has 6 heteroatoms. The number of likely N-dealkylation sites (N-methyl/N-ethyl adjacent to an activating group) is 1. The Bertz CT molecular complexity index is 709. The van der Waals surface area contributed by atoms with Crippen LogP contribution in [0.5, 0.6) is 0 Å². The van der Waals surface area contributed by atoms with Gasteiger partial charge in [0.15, 0.2) is 0 Å². The van der Waals surface area contributed by atoms with E-state index in [1.807, 2.05) is 30.1 Å². The molecule has 2 N–H and O–H groups in total. The average molecular weight is 363 g/mol. The van der Waals surface area contributed by atoms with E-state index < -0.39 is 0 Å². The molecule has 1 amide bonds. The molecule has 1 aromatic heterocycles. The van der Waals surface area contributed by atoms with Gasteiger partial charge in [-0.15, -0.1) is 0 Å². The minimum atomic E-state index is 0.115. The lowest BCUT2D eigenvalue weighted by molar-refractivity contribution is -0.122. The summed E-state index contributed by atoms with van der Waals surface area (Å²) >= 11 is 6.00. The van der Waals surface area contributed by atoms with E-state index in [-0.39, 0.29) is 5.91 Å². The second-order valence-corrected chi connectivity index (χ2v) is 7.58. The summed E-state index contributed by atoms with van der Waals surface area (Å²) < 4.78 is 0. The predicted molar refractivity (Wildman–Crippen MR) is 102 cm³/mol. The molecule has 1 saturated carbocycles. The minimum Gasteiger partial charge on any atom is -0.355 e. The van der Waals surface area contributed by atoms with Crippen molar-refractivity contribution in [2.75, 3.05) is 26.7 Å². The Labute approximate surface area is 154 Å². The number of carbonyl (C=O) groups is 1. The molecule has 1 aliphatic carbocycles. The Morgan fingerprint density at radius 1 is 1.36 bits per heavy atom. The van der Waals surface area contributed by atoms with E-state index in [1.165, 1.54) is 32.1 Å². The molecule has 1 fully saturated rings. The van der Waals surface area contributed by atoms with Crippen LogP contribution in [-0.2, 0) is 11.2 Å². The molecule has 1 aliphatic rings. The fourth-order valence-electron chi connectivity index (χ4n) is 3.48. The van der Waals surface area contributed by atoms with Crippen LogP contribution in [0.1, 0.15) is 37.9 Å². The number of aromatic nitrogens is 2. The highest BCUT2D eigenvalue weighted by molar-refractivity contribution is 6.31. The van der Waals surface area contributed by atoms with E-state index in [9.17, 15) is 4.79 Å². The third-order valence-electron chi connectivity index (χ3n) is 4.95. The number of aromatic amines is 1. The first-order valence-electron chi connectivity index (χ1n) is 9.19. The Hall–Kier alpha value is -1.59. The zero-order valence-corrected chi connectivity index (χ0v) is 15.6. The molecule has 0 bridgehead atoms. The normalized spacial score (nSPS) is 15.8. The number of imidazole rings is 1. The number of fused-ring (bicyclic) bond motifs is 1. The quantitative estimate of drug-likeness (QED) is 0.793.